The Bertz CT molecular complexity index is 854. The molecule has 1 aromatic heterocycles. The van der Waals surface area contributed by atoms with Crippen molar-refractivity contribution >= 4 is 17.7 Å². The summed E-state index contributed by atoms with van der Waals surface area (Å²) in [7, 11) is 0. The zero-order valence-electron chi connectivity index (χ0n) is 15.6. The van der Waals surface area contributed by atoms with Crippen LogP contribution < -0.4 is 5.56 Å². The molecule has 0 bridgehead atoms. The maximum absolute atomic E-state index is 12.5. The normalized spacial score (nSPS) is 15.3. The monoisotopic (exact) mass is 371 g/mol. The van der Waals surface area contributed by atoms with Crippen LogP contribution >= 0.6 is 11.8 Å². The quantitative estimate of drug-likeness (QED) is 0.829. The minimum Gasteiger partial charge on any atom is -0.341 e. The summed E-state index contributed by atoms with van der Waals surface area (Å²) in [4.78, 5) is 27.7. The zero-order valence-corrected chi connectivity index (χ0v) is 16.4. The van der Waals surface area contributed by atoms with Gasteiger partial charge in [0.1, 0.15) is 6.54 Å². The summed E-state index contributed by atoms with van der Waals surface area (Å²) >= 11 is 1.90. The Morgan fingerprint density at radius 1 is 1.19 bits per heavy atom. The van der Waals surface area contributed by atoms with Gasteiger partial charge >= 0.3 is 0 Å². The lowest BCUT2D eigenvalue weighted by molar-refractivity contribution is -0.132. The predicted molar refractivity (Wildman–Crippen MR) is 105 cm³/mol. The van der Waals surface area contributed by atoms with E-state index in [9.17, 15) is 9.59 Å². The van der Waals surface area contributed by atoms with Crippen molar-refractivity contribution in [3.63, 3.8) is 0 Å². The largest absolute Gasteiger partial charge is 0.341 e. The van der Waals surface area contributed by atoms with Crippen molar-refractivity contribution in [3.8, 4) is 0 Å². The third kappa shape index (κ3) is 4.55. The van der Waals surface area contributed by atoms with Gasteiger partial charge in [-0.15, -0.1) is 11.8 Å². The Kier molecular flexibility index (Phi) is 5.81. The van der Waals surface area contributed by atoms with E-state index in [1.165, 1.54) is 15.1 Å². The highest BCUT2D eigenvalue weighted by molar-refractivity contribution is 8.00. The lowest BCUT2D eigenvalue weighted by Gasteiger charge is -2.31. The Morgan fingerprint density at radius 3 is 2.62 bits per heavy atom. The van der Waals surface area contributed by atoms with Gasteiger partial charge in [-0.3, -0.25) is 9.59 Å². The van der Waals surface area contributed by atoms with Crippen molar-refractivity contribution < 1.29 is 4.79 Å². The van der Waals surface area contributed by atoms with Crippen molar-refractivity contribution in [1.82, 2.24) is 14.7 Å². The topological polar surface area (TPSA) is 55.2 Å². The lowest BCUT2D eigenvalue weighted by atomic mass is 10.1. The van der Waals surface area contributed by atoms with E-state index >= 15 is 0 Å². The standard InChI is InChI=1S/C20H25N3O2S/c1-14-5-4-6-18(11-14)26-17-7-9-22(10-8-17)20(25)13-23-19(24)12-15(2)16(3)21-23/h4-6,11-12,17H,7-10,13H2,1-3H3. The minimum atomic E-state index is -0.216. The van der Waals surface area contributed by atoms with Gasteiger partial charge in [-0.25, -0.2) is 4.68 Å². The maximum atomic E-state index is 12.5. The minimum absolute atomic E-state index is 0.0235. The number of likely N-dealkylation sites (tertiary alicyclic amines) is 1. The van der Waals surface area contributed by atoms with E-state index in [2.05, 4.69) is 36.3 Å². The van der Waals surface area contributed by atoms with Crippen molar-refractivity contribution in [2.45, 2.75) is 50.3 Å². The molecule has 0 unspecified atom stereocenters. The van der Waals surface area contributed by atoms with E-state index in [0.717, 1.165) is 37.2 Å². The van der Waals surface area contributed by atoms with Crippen molar-refractivity contribution in [2.24, 2.45) is 0 Å². The maximum Gasteiger partial charge on any atom is 0.267 e. The molecule has 2 heterocycles. The highest BCUT2D eigenvalue weighted by Crippen LogP contribution is 2.30. The van der Waals surface area contributed by atoms with Crippen LogP contribution in [0.2, 0.25) is 0 Å². The highest BCUT2D eigenvalue weighted by Gasteiger charge is 2.24. The molecule has 0 N–H and O–H groups in total. The van der Waals surface area contributed by atoms with Gasteiger partial charge in [-0.05, 0) is 51.3 Å². The molecule has 0 radical (unpaired) electrons. The molecule has 1 aromatic carbocycles. The number of nitrogens with zero attached hydrogens (tertiary/aromatic N) is 3. The molecule has 6 heteroatoms. The third-order valence-electron chi connectivity index (χ3n) is 4.81. The van der Waals surface area contributed by atoms with E-state index < -0.39 is 0 Å². The van der Waals surface area contributed by atoms with Gasteiger partial charge in [-0.2, -0.15) is 5.10 Å². The summed E-state index contributed by atoms with van der Waals surface area (Å²) in [6.45, 7) is 7.31. The first-order valence-electron chi connectivity index (χ1n) is 8.99. The van der Waals surface area contributed by atoms with Crippen molar-refractivity contribution in [3.05, 3.63) is 57.5 Å². The molecule has 1 fully saturated rings. The summed E-state index contributed by atoms with van der Waals surface area (Å²) < 4.78 is 1.28. The van der Waals surface area contributed by atoms with Crippen LogP contribution in [-0.4, -0.2) is 38.9 Å². The molecule has 0 spiro atoms. The molecule has 138 valence electrons. The van der Waals surface area contributed by atoms with E-state index in [1.807, 2.05) is 30.5 Å². The predicted octanol–water partition coefficient (Wildman–Crippen LogP) is 2.95. The Morgan fingerprint density at radius 2 is 1.92 bits per heavy atom. The Labute approximate surface area is 158 Å². The van der Waals surface area contributed by atoms with Gasteiger partial charge in [-0.1, -0.05) is 17.7 Å². The average molecular weight is 372 g/mol. The number of thioether (sulfide) groups is 1. The molecular formula is C20H25N3O2S. The second kappa shape index (κ2) is 8.08. The number of carbonyl (C=O) groups is 1. The second-order valence-electron chi connectivity index (χ2n) is 6.92. The van der Waals surface area contributed by atoms with Gasteiger partial charge in [0.25, 0.3) is 5.56 Å². The van der Waals surface area contributed by atoms with E-state index in [0.29, 0.717) is 5.25 Å². The van der Waals surface area contributed by atoms with E-state index in [-0.39, 0.29) is 18.0 Å². The second-order valence-corrected chi connectivity index (χ2v) is 8.30. The van der Waals surface area contributed by atoms with Crippen LogP contribution in [0.3, 0.4) is 0 Å². The summed E-state index contributed by atoms with van der Waals surface area (Å²) in [5.41, 5.74) is 2.69. The van der Waals surface area contributed by atoms with Crippen LogP contribution in [0.1, 0.15) is 29.7 Å². The van der Waals surface area contributed by atoms with Crippen molar-refractivity contribution in [2.75, 3.05) is 13.1 Å². The number of benzene rings is 1. The number of rotatable bonds is 4. The van der Waals surface area contributed by atoms with Crippen LogP contribution in [0.4, 0.5) is 0 Å². The first kappa shape index (κ1) is 18.7. The molecule has 0 saturated carbocycles. The molecule has 1 amide bonds. The molecule has 3 rings (SSSR count). The van der Waals surface area contributed by atoms with Gasteiger partial charge in [0, 0.05) is 29.3 Å². The molecule has 1 aliphatic heterocycles. The number of piperidine rings is 1. The number of amides is 1. The fourth-order valence-electron chi connectivity index (χ4n) is 3.12. The smallest absolute Gasteiger partial charge is 0.267 e. The van der Waals surface area contributed by atoms with Crippen LogP contribution in [0.25, 0.3) is 0 Å². The van der Waals surface area contributed by atoms with E-state index in [1.54, 1.807) is 6.07 Å². The molecule has 1 aliphatic rings. The number of carbonyl (C=O) groups excluding carboxylic acids is 1. The van der Waals surface area contributed by atoms with Crippen molar-refractivity contribution in [1.29, 1.82) is 0 Å². The van der Waals surface area contributed by atoms with Crippen LogP contribution in [-0.2, 0) is 11.3 Å². The number of hydrogen-bond acceptors (Lipinski definition) is 4. The number of aryl methyl sites for hydroxylation is 3. The van der Waals surface area contributed by atoms with Crippen LogP contribution in [0, 0.1) is 20.8 Å². The third-order valence-corrected chi connectivity index (χ3v) is 6.14. The fraction of sp³-hybridized carbons (Fsp3) is 0.450. The molecule has 5 nitrogen and oxygen atoms in total. The van der Waals surface area contributed by atoms with E-state index in [4.69, 9.17) is 0 Å². The number of hydrogen-bond donors (Lipinski definition) is 0. The first-order chi connectivity index (χ1) is 12.4. The van der Waals surface area contributed by atoms with Crippen LogP contribution in [0.5, 0.6) is 0 Å². The van der Waals surface area contributed by atoms with Gasteiger partial charge in [0.15, 0.2) is 0 Å². The summed E-state index contributed by atoms with van der Waals surface area (Å²) in [5, 5.41) is 4.77. The Balaban J connectivity index is 1.55. The summed E-state index contributed by atoms with van der Waals surface area (Å²) in [6, 6.07) is 10.1. The summed E-state index contributed by atoms with van der Waals surface area (Å²) in [6.07, 6.45) is 1.94. The SMILES string of the molecule is Cc1cccc(SC2CCN(C(=O)Cn3nc(C)c(C)cc3=O)CC2)c1. The molecular weight excluding hydrogens is 346 g/mol. The number of aromatic nitrogens is 2. The molecule has 2 aromatic rings. The first-order valence-corrected chi connectivity index (χ1v) is 9.87. The zero-order chi connectivity index (χ0) is 18.7. The van der Waals surface area contributed by atoms with Gasteiger partial charge < -0.3 is 4.90 Å². The fourth-order valence-corrected chi connectivity index (χ4v) is 4.36. The molecule has 0 aliphatic carbocycles. The molecule has 1 saturated heterocycles. The lowest BCUT2D eigenvalue weighted by Crippen LogP contribution is -2.42. The van der Waals surface area contributed by atoms with Gasteiger partial charge in [0.05, 0.1) is 5.69 Å². The molecule has 0 atom stereocenters. The van der Waals surface area contributed by atoms with Gasteiger partial charge in [0.2, 0.25) is 5.91 Å². The highest BCUT2D eigenvalue weighted by atomic mass is 32.2. The molecule has 26 heavy (non-hydrogen) atoms. The van der Waals surface area contributed by atoms with Crippen LogP contribution in [0.15, 0.2) is 40.0 Å². The average Bonchev–Trinajstić information content (AvgIpc) is 2.60. The summed E-state index contributed by atoms with van der Waals surface area (Å²) in [5.74, 6) is -0.0261. The Hall–Kier alpha value is -2.08.